The number of nitrogens with one attached hydrogen (secondary N) is 1. The fraction of sp³-hybridized carbons (Fsp3) is 0.600. The Balaban J connectivity index is 2.34. The second-order valence-electron chi connectivity index (χ2n) is 5.22. The monoisotopic (exact) mass is 365 g/mol. The summed E-state index contributed by atoms with van der Waals surface area (Å²) < 4.78 is 44.9. The van der Waals surface area contributed by atoms with Crippen molar-refractivity contribution in [2.75, 3.05) is 19.8 Å². The molecule has 1 aliphatic heterocycles. The van der Waals surface area contributed by atoms with Crippen LogP contribution in [0, 0.1) is 5.92 Å². The van der Waals surface area contributed by atoms with Gasteiger partial charge in [0.15, 0.2) is 0 Å². The SMILES string of the molecule is CCNC(c1cc(C(F)(F)F)ccc1Br)C1CCOCC1. The van der Waals surface area contributed by atoms with E-state index in [1.807, 2.05) is 6.92 Å². The van der Waals surface area contributed by atoms with Crippen molar-refractivity contribution in [2.45, 2.75) is 32.0 Å². The number of hydrogen-bond donors (Lipinski definition) is 1. The molecule has 0 radical (unpaired) electrons. The lowest BCUT2D eigenvalue weighted by molar-refractivity contribution is -0.137. The lowest BCUT2D eigenvalue weighted by atomic mass is 9.86. The minimum absolute atomic E-state index is 0.0874. The van der Waals surface area contributed by atoms with Crippen molar-refractivity contribution in [1.82, 2.24) is 5.32 Å². The van der Waals surface area contributed by atoms with Crippen molar-refractivity contribution in [3.63, 3.8) is 0 Å². The van der Waals surface area contributed by atoms with Gasteiger partial charge in [0.1, 0.15) is 0 Å². The molecule has 0 spiro atoms. The van der Waals surface area contributed by atoms with Crippen molar-refractivity contribution >= 4 is 15.9 Å². The second kappa shape index (κ2) is 7.11. The zero-order chi connectivity index (χ0) is 15.5. The molecule has 0 aliphatic carbocycles. The predicted octanol–water partition coefficient (Wildman–Crippen LogP) is 4.55. The minimum Gasteiger partial charge on any atom is -0.381 e. The summed E-state index contributed by atoms with van der Waals surface area (Å²) in [6.07, 6.45) is -2.59. The van der Waals surface area contributed by atoms with Gasteiger partial charge in [-0.3, -0.25) is 0 Å². The molecular weight excluding hydrogens is 347 g/mol. The van der Waals surface area contributed by atoms with Crippen LogP contribution in [-0.4, -0.2) is 19.8 Å². The Bertz CT molecular complexity index is 472. The largest absolute Gasteiger partial charge is 0.416 e. The molecule has 118 valence electrons. The normalized spacial score (nSPS) is 18.7. The van der Waals surface area contributed by atoms with Gasteiger partial charge in [0.05, 0.1) is 5.56 Å². The summed E-state index contributed by atoms with van der Waals surface area (Å²) in [5.41, 5.74) is 0.0780. The quantitative estimate of drug-likeness (QED) is 0.845. The maximum absolute atomic E-state index is 12.9. The van der Waals surface area contributed by atoms with E-state index in [0.717, 1.165) is 18.9 Å². The molecule has 0 aromatic heterocycles. The van der Waals surface area contributed by atoms with Gasteiger partial charge in [-0.05, 0) is 49.1 Å². The lowest BCUT2D eigenvalue weighted by Crippen LogP contribution is -2.32. The molecule has 1 aliphatic rings. The summed E-state index contributed by atoms with van der Waals surface area (Å²) in [5.74, 6) is 0.290. The van der Waals surface area contributed by atoms with Crippen LogP contribution in [0.1, 0.15) is 36.9 Å². The number of hydrogen-bond acceptors (Lipinski definition) is 2. The first-order valence-corrected chi connectivity index (χ1v) is 7.90. The van der Waals surface area contributed by atoms with Crippen LogP contribution < -0.4 is 5.32 Å². The summed E-state index contributed by atoms with van der Waals surface area (Å²) in [6, 6.07) is 3.77. The molecule has 1 aromatic carbocycles. The molecule has 21 heavy (non-hydrogen) atoms. The van der Waals surface area contributed by atoms with Gasteiger partial charge in [-0.2, -0.15) is 13.2 Å². The van der Waals surface area contributed by atoms with Crippen LogP contribution >= 0.6 is 15.9 Å². The van der Waals surface area contributed by atoms with Crippen LogP contribution in [-0.2, 0) is 10.9 Å². The molecule has 0 amide bonds. The fourth-order valence-electron chi connectivity index (χ4n) is 2.76. The summed E-state index contributed by atoms with van der Waals surface area (Å²) in [6.45, 7) is 4.02. The standard InChI is InChI=1S/C15H19BrF3NO/c1-2-20-14(10-5-7-21-8-6-10)12-9-11(15(17,18)19)3-4-13(12)16/h3-4,9-10,14,20H,2,5-8H2,1H3. The number of alkyl halides is 3. The summed E-state index contributed by atoms with van der Waals surface area (Å²) >= 11 is 3.40. The van der Waals surface area contributed by atoms with Crippen molar-refractivity contribution in [1.29, 1.82) is 0 Å². The van der Waals surface area contributed by atoms with Crippen molar-refractivity contribution in [2.24, 2.45) is 5.92 Å². The van der Waals surface area contributed by atoms with Gasteiger partial charge in [0.25, 0.3) is 0 Å². The Morgan fingerprint density at radius 3 is 2.57 bits per heavy atom. The van der Waals surface area contributed by atoms with Crippen LogP contribution in [0.15, 0.2) is 22.7 Å². The van der Waals surface area contributed by atoms with Crippen LogP contribution in [0.25, 0.3) is 0 Å². The van der Waals surface area contributed by atoms with E-state index in [4.69, 9.17) is 4.74 Å². The molecule has 6 heteroatoms. The van der Waals surface area contributed by atoms with Crippen LogP contribution in [0.2, 0.25) is 0 Å². The molecule has 1 N–H and O–H groups in total. The topological polar surface area (TPSA) is 21.3 Å². The van der Waals surface area contributed by atoms with Gasteiger partial charge in [-0.15, -0.1) is 0 Å². The molecule has 1 saturated heterocycles. The highest BCUT2D eigenvalue weighted by Gasteiger charge is 2.33. The average Bonchev–Trinajstić information content (AvgIpc) is 2.45. The van der Waals surface area contributed by atoms with E-state index < -0.39 is 11.7 Å². The summed E-state index contributed by atoms with van der Waals surface area (Å²) in [4.78, 5) is 0. The van der Waals surface area contributed by atoms with Crippen LogP contribution in [0.3, 0.4) is 0 Å². The summed E-state index contributed by atoms with van der Waals surface area (Å²) in [7, 11) is 0. The van der Waals surface area contributed by atoms with Crippen molar-refractivity contribution in [3.8, 4) is 0 Å². The molecule has 1 heterocycles. The van der Waals surface area contributed by atoms with E-state index in [1.165, 1.54) is 12.1 Å². The Morgan fingerprint density at radius 2 is 2.00 bits per heavy atom. The van der Waals surface area contributed by atoms with Gasteiger partial charge in [-0.25, -0.2) is 0 Å². The van der Waals surface area contributed by atoms with Gasteiger partial charge in [0, 0.05) is 23.7 Å². The molecule has 0 bridgehead atoms. The van der Waals surface area contributed by atoms with Gasteiger partial charge in [0.2, 0.25) is 0 Å². The Kier molecular flexibility index (Phi) is 5.68. The van der Waals surface area contributed by atoms with Gasteiger partial charge < -0.3 is 10.1 Å². The highest BCUT2D eigenvalue weighted by atomic mass is 79.9. The minimum atomic E-state index is -4.32. The number of ether oxygens (including phenoxy) is 1. The summed E-state index contributed by atoms with van der Waals surface area (Å²) in [5, 5.41) is 3.34. The zero-order valence-electron chi connectivity index (χ0n) is 11.8. The molecule has 1 fully saturated rings. The Morgan fingerprint density at radius 1 is 1.33 bits per heavy atom. The Labute approximate surface area is 131 Å². The highest BCUT2D eigenvalue weighted by Crippen LogP contribution is 2.38. The maximum Gasteiger partial charge on any atom is 0.416 e. The first-order valence-electron chi connectivity index (χ1n) is 7.11. The molecule has 2 nitrogen and oxygen atoms in total. The molecule has 1 unspecified atom stereocenters. The predicted molar refractivity (Wildman–Crippen MR) is 79.1 cm³/mol. The fourth-order valence-corrected chi connectivity index (χ4v) is 3.25. The maximum atomic E-state index is 12.9. The smallest absolute Gasteiger partial charge is 0.381 e. The second-order valence-corrected chi connectivity index (χ2v) is 6.07. The molecule has 1 aromatic rings. The van der Waals surface area contributed by atoms with Gasteiger partial charge >= 0.3 is 6.18 Å². The van der Waals surface area contributed by atoms with Crippen LogP contribution in [0.4, 0.5) is 13.2 Å². The lowest BCUT2D eigenvalue weighted by Gasteiger charge is -2.32. The third-order valence-electron chi connectivity index (χ3n) is 3.82. The molecule has 2 rings (SSSR count). The molecule has 1 atom stereocenters. The van der Waals surface area contributed by atoms with Gasteiger partial charge in [-0.1, -0.05) is 22.9 Å². The molecule has 0 saturated carbocycles. The third-order valence-corrected chi connectivity index (χ3v) is 4.54. The average molecular weight is 366 g/mol. The van der Waals surface area contributed by atoms with E-state index in [1.54, 1.807) is 0 Å². The zero-order valence-corrected chi connectivity index (χ0v) is 13.4. The van der Waals surface area contributed by atoms with E-state index in [9.17, 15) is 13.2 Å². The van der Waals surface area contributed by atoms with Crippen molar-refractivity contribution in [3.05, 3.63) is 33.8 Å². The number of halogens is 4. The number of rotatable bonds is 4. The van der Waals surface area contributed by atoms with E-state index in [-0.39, 0.29) is 6.04 Å². The van der Waals surface area contributed by atoms with E-state index in [2.05, 4.69) is 21.2 Å². The first kappa shape index (κ1) is 16.8. The highest BCUT2D eigenvalue weighted by molar-refractivity contribution is 9.10. The number of benzene rings is 1. The Hall–Kier alpha value is -0.590. The van der Waals surface area contributed by atoms with E-state index in [0.29, 0.717) is 35.7 Å². The van der Waals surface area contributed by atoms with Crippen molar-refractivity contribution < 1.29 is 17.9 Å². The first-order chi connectivity index (χ1) is 9.93. The van der Waals surface area contributed by atoms with Crippen LogP contribution in [0.5, 0.6) is 0 Å². The molecular formula is C15H19BrF3NO. The van der Waals surface area contributed by atoms with E-state index >= 15 is 0 Å². The third kappa shape index (κ3) is 4.20.